The van der Waals surface area contributed by atoms with E-state index in [4.69, 9.17) is 26.2 Å². The van der Waals surface area contributed by atoms with Gasteiger partial charge < -0.3 is 14.6 Å². The van der Waals surface area contributed by atoms with Crippen molar-refractivity contribution >= 4 is 27.6 Å². The average Bonchev–Trinajstić information content (AvgIpc) is 2.94. The molecule has 1 aromatic carbocycles. The number of carbonyl (C=O) groups is 1. The van der Waals surface area contributed by atoms with Crippen molar-refractivity contribution < 1.29 is 27.8 Å². The lowest BCUT2D eigenvalue weighted by atomic mass is 10.3. The highest BCUT2D eigenvalue weighted by Crippen LogP contribution is 2.30. The monoisotopic (exact) mass is 349 g/mol. The average molecular weight is 350 g/mol. The number of carboxylic acids is 1. The number of nitrogens with zero attached hydrogens (tertiary/aromatic N) is 1. The minimum absolute atomic E-state index is 0.00569. The summed E-state index contributed by atoms with van der Waals surface area (Å²) in [6.07, 6.45) is 0.0169. The Bertz CT molecular complexity index is 662. The van der Waals surface area contributed by atoms with Crippen LogP contribution in [0.4, 0.5) is 0 Å². The first-order valence-corrected chi connectivity index (χ1v) is 8.33. The molecule has 122 valence electrons. The summed E-state index contributed by atoms with van der Waals surface area (Å²) in [6, 6.07) is 4.35. The van der Waals surface area contributed by atoms with Crippen LogP contribution in [0.2, 0.25) is 5.02 Å². The number of sulfonamides is 1. The van der Waals surface area contributed by atoms with E-state index in [1.807, 2.05) is 0 Å². The number of halogens is 1. The van der Waals surface area contributed by atoms with Gasteiger partial charge >= 0.3 is 5.97 Å². The van der Waals surface area contributed by atoms with Gasteiger partial charge in [0.15, 0.2) is 0 Å². The maximum Gasteiger partial charge on any atom is 0.329 e. The third kappa shape index (κ3) is 3.70. The van der Waals surface area contributed by atoms with E-state index in [2.05, 4.69) is 0 Å². The molecule has 1 heterocycles. The van der Waals surface area contributed by atoms with Crippen LogP contribution in [-0.2, 0) is 19.6 Å². The molecule has 0 bridgehead atoms. The second-order valence-electron chi connectivity index (χ2n) is 4.77. The number of hydrogen-bond acceptors (Lipinski definition) is 5. The summed E-state index contributed by atoms with van der Waals surface area (Å²) < 4.78 is 36.5. The molecule has 1 fully saturated rings. The van der Waals surface area contributed by atoms with Crippen LogP contribution < -0.4 is 4.74 Å². The molecule has 0 aromatic heterocycles. The van der Waals surface area contributed by atoms with Gasteiger partial charge in [-0.3, -0.25) is 0 Å². The second-order valence-corrected chi connectivity index (χ2v) is 7.09. The normalized spacial score (nSPS) is 19.3. The highest BCUT2D eigenvalue weighted by atomic mass is 35.5. The first-order valence-electron chi connectivity index (χ1n) is 6.51. The Morgan fingerprint density at radius 3 is 2.82 bits per heavy atom. The van der Waals surface area contributed by atoms with Gasteiger partial charge in [0, 0.05) is 19.2 Å². The van der Waals surface area contributed by atoms with E-state index in [0.29, 0.717) is 12.2 Å². The second kappa shape index (κ2) is 6.82. The summed E-state index contributed by atoms with van der Waals surface area (Å²) in [7, 11) is -2.28. The van der Waals surface area contributed by atoms with Crippen molar-refractivity contribution in [3.8, 4) is 5.75 Å². The van der Waals surface area contributed by atoms with Crippen LogP contribution in [0.3, 0.4) is 0 Å². The molecule has 22 heavy (non-hydrogen) atoms. The fourth-order valence-electron chi connectivity index (χ4n) is 2.20. The molecular formula is C13H16ClNO6S. The smallest absolute Gasteiger partial charge is 0.329 e. The van der Waals surface area contributed by atoms with Gasteiger partial charge in [-0.1, -0.05) is 11.6 Å². The zero-order valence-electron chi connectivity index (χ0n) is 11.9. The van der Waals surface area contributed by atoms with Gasteiger partial charge in [-0.25, -0.2) is 13.2 Å². The number of methoxy groups -OCH3 is 1. The number of rotatable bonds is 6. The SMILES string of the molecule is COc1ccc(S(=O)(=O)N2CC[C@H](OCC(=O)O)C2)c(Cl)c1. The van der Waals surface area contributed by atoms with E-state index in [1.165, 1.54) is 29.6 Å². The molecule has 7 nitrogen and oxygen atoms in total. The summed E-state index contributed by atoms with van der Waals surface area (Å²) >= 11 is 6.02. The quantitative estimate of drug-likeness (QED) is 0.829. The minimum Gasteiger partial charge on any atom is -0.497 e. The highest BCUT2D eigenvalue weighted by molar-refractivity contribution is 7.89. The third-order valence-corrected chi connectivity index (χ3v) is 5.66. The van der Waals surface area contributed by atoms with E-state index in [-0.39, 0.29) is 23.0 Å². The summed E-state index contributed by atoms with van der Waals surface area (Å²) in [5.41, 5.74) is 0. The Balaban J connectivity index is 2.13. The third-order valence-electron chi connectivity index (χ3n) is 3.31. The van der Waals surface area contributed by atoms with Gasteiger partial charge in [0.25, 0.3) is 0 Å². The molecular weight excluding hydrogens is 334 g/mol. The van der Waals surface area contributed by atoms with Crippen molar-refractivity contribution in [3.05, 3.63) is 23.2 Å². The Hall–Kier alpha value is -1.35. The fourth-order valence-corrected chi connectivity index (χ4v) is 4.19. The van der Waals surface area contributed by atoms with Gasteiger partial charge in [-0.15, -0.1) is 0 Å². The summed E-state index contributed by atoms with van der Waals surface area (Å²) in [6.45, 7) is -0.0746. The molecule has 0 radical (unpaired) electrons. The molecule has 1 saturated heterocycles. The number of hydrogen-bond donors (Lipinski definition) is 1. The summed E-state index contributed by atoms with van der Waals surface area (Å²) in [5, 5.41) is 8.66. The van der Waals surface area contributed by atoms with E-state index in [1.54, 1.807) is 0 Å². The molecule has 9 heteroatoms. The lowest BCUT2D eigenvalue weighted by molar-refractivity contribution is -0.144. The van der Waals surface area contributed by atoms with E-state index in [9.17, 15) is 13.2 Å². The molecule has 0 saturated carbocycles. The maximum atomic E-state index is 12.6. The minimum atomic E-state index is -3.75. The molecule has 1 aliphatic rings. The fraction of sp³-hybridized carbons (Fsp3) is 0.462. The van der Waals surface area contributed by atoms with Gasteiger partial charge in [0.05, 0.1) is 18.2 Å². The van der Waals surface area contributed by atoms with Crippen LogP contribution in [0.1, 0.15) is 6.42 Å². The van der Waals surface area contributed by atoms with Crippen molar-refractivity contribution in [1.29, 1.82) is 0 Å². The van der Waals surface area contributed by atoms with Crippen LogP contribution in [0.15, 0.2) is 23.1 Å². The van der Waals surface area contributed by atoms with Crippen LogP contribution in [0, 0.1) is 0 Å². The summed E-state index contributed by atoms with van der Waals surface area (Å²) in [5.74, 6) is -0.618. The van der Waals surface area contributed by atoms with Crippen molar-refractivity contribution in [3.63, 3.8) is 0 Å². The van der Waals surface area contributed by atoms with Crippen molar-refractivity contribution in [2.75, 3.05) is 26.8 Å². The van der Waals surface area contributed by atoms with Crippen LogP contribution in [0.5, 0.6) is 5.75 Å². The topological polar surface area (TPSA) is 93.1 Å². The Kier molecular flexibility index (Phi) is 5.28. The zero-order chi connectivity index (χ0) is 16.3. The van der Waals surface area contributed by atoms with Gasteiger partial charge in [0.1, 0.15) is 17.3 Å². The van der Waals surface area contributed by atoms with Gasteiger partial charge in [-0.2, -0.15) is 4.31 Å². The van der Waals surface area contributed by atoms with Crippen LogP contribution in [0.25, 0.3) is 0 Å². The Labute approximate surface area is 133 Å². The first kappa shape index (κ1) is 17.0. The molecule has 1 aromatic rings. The van der Waals surface area contributed by atoms with Crippen molar-refractivity contribution in [2.24, 2.45) is 0 Å². The van der Waals surface area contributed by atoms with E-state index < -0.39 is 28.7 Å². The lowest BCUT2D eigenvalue weighted by Gasteiger charge is -2.17. The molecule has 0 unspecified atom stereocenters. The molecule has 1 aliphatic heterocycles. The largest absolute Gasteiger partial charge is 0.497 e. The molecule has 2 rings (SSSR count). The predicted octanol–water partition coefficient (Wildman–Crippen LogP) is 1.21. The number of carboxylic acid groups (broad SMARTS) is 1. The Morgan fingerprint density at radius 1 is 1.50 bits per heavy atom. The van der Waals surface area contributed by atoms with Gasteiger partial charge in [-0.05, 0) is 18.6 Å². The number of aliphatic carboxylic acids is 1. The van der Waals surface area contributed by atoms with Crippen molar-refractivity contribution in [1.82, 2.24) is 4.31 Å². The van der Waals surface area contributed by atoms with E-state index in [0.717, 1.165) is 0 Å². The molecule has 1 N–H and O–H groups in total. The molecule has 0 spiro atoms. The maximum absolute atomic E-state index is 12.6. The lowest BCUT2D eigenvalue weighted by Crippen LogP contribution is -2.31. The van der Waals surface area contributed by atoms with Crippen molar-refractivity contribution in [2.45, 2.75) is 17.4 Å². The standard InChI is InChI=1S/C13H16ClNO6S/c1-20-9-2-3-12(11(14)6-9)22(18,19)15-5-4-10(7-15)21-8-13(16)17/h2-3,6,10H,4-5,7-8H2,1H3,(H,16,17)/t10-/m0/s1. The summed E-state index contributed by atoms with van der Waals surface area (Å²) in [4.78, 5) is 10.5. The first-order chi connectivity index (χ1) is 10.3. The van der Waals surface area contributed by atoms with Gasteiger partial charge in [0.2, 0.25) is 10.0 Å². The Morgan fingerprint density at radius 2 is 2.23 bits per heavy atom. The zero-order valence-corrected chi connectivity index (χ0v) is 13.4. The molecule has 1 atom stereocenters. The predicted molar refractivity (Wildman–Crippen MR) is 78.8 cm³/mol. The van der Waals surface area contributed by atoms with Crippen LogP contribution >= 0.6 is 11.6 Å². The number of ether oxygens (including phenoxy) is 2. The van der Waals surface area contributed by atoms with Crippen LogP contribution in [-0.4, -0.2) is 56.7 Å². The van der Waals surface area contributed by atoms with E-state index >= 15 is 0 Å². The molecule has 0 aliphatic carbocycles. The number of benzene rings is 1. The highest BCUT2D eigenvalue weighted by Gasteiger charge is 2.34. The molecule has 0 amide bonds.